The smallest absolute Gasteiger partial charge is 0.207 e. The second-order valence-electron chi connectivity index (χ2n) is 7.03. The molecule has 27 heavy (non-hydrogen) atoms. The van der Waals surface area contributed by atoms with Gasteiger partial charge in [-0.1, -0.05) is 24.3 Å². The molecule has 2 atom stereocenters. The highest BCUT2D eigenvalue weighted by Crippen LogP contribution is 2.31. The van der Waals surface area contributed by atoms with Crippen LogP contribution in [0.1, 0.15) is 36.9 Å². The van der Waals surface area contributed by atoms with Crippen molar-refractivity contribution in [1.29, 1.82) is 5.26 Å². The number of halogens is 1. The minimum atomic E-state index is 0. The molecule has 0 amide bonds. The highest BCUT2D eigenvalue weighted by atomic mass is 35.5. The molecule has 0 saturated carbocycles. The maximum atomic E-state index is 9.05. The summed E-state index contributed by atoms with van der Waals surface area (Å²) in [6, 6.07) is 18.6. The molecule has 2 N–H and O–H groups in total. The Kier molecular flexibility index (Phi) is 5.69. The van der Waals surface area contributed by atoms with Gasteiger partial charge >= 0.3 is 0 Å². The predicted molar refractivity (Wildman–Crippen MR) is 111 cm³/mol. The number of anilines is 1. The molecule has 1 fully saturated rings. The fourth-order valence-electron chi connectivity index (χ4n) is 3.81. The normalized spacial score (nSPS) is 18.0. The third kappa shape index (κ3) is 3.64. The van der Waals surface area contributed by atoms with E-state index in [0.717, 1.165) is 48.5 Å². The van der Waals surface area contributed by atoms with Gasteiger partial charge in [-0.15, -0.1) is 12.4 Å². The van der Waals surface area contributed by atoms with E-state index in [1.165, 1.54) is 0 Å². The zero-order valence-electron chi connectivity index (χ0n) is 15.4. The third-order valence-corrected chi connectivity index (χ3v) is 5.23. The van der Waals surface area contributed by atoms with Crippen LogP contribution in [0.15, 0.2) is 48.5 Å². The van der Waals surface area contributed by atoms with Crippen molar-refractivity contribution in [1.82, 2.24) is 9.55 Å². The molecule has 1 aliphatic rings. The minimum absolute atomic E-state index is 0. The quantitative estimate of drug-likeness (QED) is 0.747. The van der Waals surface area contributed by atoms with Crippen LogP contribution in [0.2, 0.25) is 0 Å². The molecule has 2 aromatic carbocycles. The highest BCUT2D eigenvalue weighted by Gasteiger charge is 2.25. The SMILES string of the molecule is C[C@H](c1ccc(C#N)cc1)n1c(N2CCCC(N)C2)nc2ccccc21.Cl. The number of fused-ring (bicyclic) bond motifs is 1. The molecule has 6 heteroatoms. The molecule has 3 aromatic rings. The van der Waals surface area contributed by atoms with Crippen molar-refractivity contribution in [3.8, 4) is 6.07 Å². The Bertz CT molecular complexity index is 957. The van der Waals surface area contributed by atoms with E-state index in [0.29, 0.717) is 5.56 Å². The van der Waals surface area contributed by atoms with Gasteiger partial charge in [0, 0.05) is 19.1 Å². The van der Waals surface area contributed by atoms with E-state index < -0.39 is 0 Å². The van der Waals surface area contributed by atoms with Crippen molar-refractivity contribution < 1.29 is 0 Å². The fraction of sp³-hybridized carbons (Fsp3) is 0.333. The number of hydrogen-bond acceptors (Lipinski definition) is 4. The molecule has 4 rings (SSSR count). The van der Waals surface area contributed by atoms with Crippen LogP contribution in [0.25, 0.3) is 11.0 Å². The average molecular weight is 382 g/mol. The van der Waals surface area contributed by atoms with E-state index >= 15 is 0 Å². The van der Waals surface area contributed by atoms with Crippen LogP contribution < -0.4 is 10.6 Å². The number of piperidine rings is 1. The number of nitrogens with two attached hydrogens (primary N) is 1. The maximum absolute atomic E-state index is 9.05. The Morgan fingerprint density at radius 3 is 2.63 bits per heavy atom. The van der Waals surface area contributed by atoms with Gasteiger partial charge in [0.05, 0.1) is 28.7 Å². The fourth-order valence-corrected chi connectivity index (χ4v) is 3.81. The lowest BCUT2D eigenvalue weighted by Gasteiger charge is -2.33. The lowest BCUT2D eigenvalue weighted by Crippen LogP contribution is -2.44. The molecule has 140 valence electrons. The summed E-state index contributed by atoms with van der Waals surface area (Å²) in [7, 11) is 0. The summed E-state index contributed by atoms with van der Waals surface area (Å²) in [6.45, 7) is 4.00. The number of benzene rings is 2. The third-order valence-electron chi connectivity index (χ3n) is 5.23. The van der Waals surface area contributed by atoms with Crippen molar-refractivity contribution >= 4 is 29.4 Å². The second kappa shape index (κ2) is 7.99. The van der Waals surface area contributed by atoms with E-state index in [1.54, 1.807) is 0 Å². The molecule has 0 spiro atoms. The van der Waals surface area contributed by atoms with Crippen molar-refractivity contribution in [3.05, 3.63) is 59.7 Å². The van der Waals surface area contributed by atoms with Crippen LogP contribution in [0.5, 0.6) is 0 Å². The van der Waals surface area contributed by atoms with Crippen molar-refractivity contribution in [3.63, 3.8) is 0 Å². The first-order valence-electron chi connectivity index (χ1n) is 9.15. The van der Waals surface area contributed by atoms with Crippen molar-refractivity contribution in [2.75, 3.05) is 18.0 Å². The number of imidazole rings is 1. The molecule has 0 radical (unpaired) electrons. The Labute approximate surface area is 165 Å². The maximum Gasteiger partial charge on any atom is 0.207 e. The van der Waals surface area contributed by atoms with Crippen LogP contribution in [-0.4, -0.2) is 28.7 Å². The van der Waals surface area contributed by atoms with Crippen LogP contribution in [0.4, 0.5) is 5.95 Å². The van der Waals surface area contributed by atoms with Gasteiger partial charge in [-0.05, 0) is 49.6 Å². The number of rotatable bonds is 3. The van der Waals surface area contributed by atoms with Gasteiger partial charge in [-0.25, -0.2) is 4.98 Å². The zero-order valence-corrected chi connectivity index (χ0v) is 16.2. The summed E-state index contributed by atoms with van der Waals surface area (Å²) in [5, 5.41) is 9.05. The summed E-state index contributed by atoms with van der Waals surface area (Å²) in [5.41, 5.74) is 10.2. The Hall–Kier alpha value is -2.55. The molecular weight excluding hydrogens is 358 g/mol. The molecule has 5 nitrogen and oxygen atoms in total. The lowest BCUT2D eigenvalue weighted by molar-refractivity contribution is 0.490. The molecule has 2 heterocycles. The monoisotopic (exact) mass is 381 g/mol. The number of para-hydroxylation sites is 2. The van der Waals surface area contributed by atoms with Crippen LogP contribution in [-0.2, 0) is 0 Å². The van der Waals surface area contributed by atoms with E-state index in [1.807, 2.05) is 30.3 Å². The van der Waals surface area contributed by atoms with Gasteiger partial charge in [-0.2, -0.15) is 5.26 Å². The molecule has 0 aliphatic carbocycles. The molecule has 1 aromatic heterocycles. The largest absolute Gasteiger partial charge is 0.341 e. The number of aromatic nitrogens is 2. The summed E-state index contributed by atoms with van der Waals surface area (Å²) in [5.74, 6) is 0.984. The van der Waals surface area contributed by atoms with Crippen molar-refractivity contribution in [2.24, 2.45) is 5.73 Å². The average Bonchev–Trinajstić information content (AvgIpc) is 3.07. The first kappa shape index (κ1) is 19.2. The molecule has 1 unspecified atom stereocenters. The number of hydrogen-bond donors (Lipinski definition) is 1. The first-order valence-corrected chi connectivity index (χ1v) is 9.15. The summed E-state index contributed by atoms with van der Waals surface area (Å²) in [4.78, 5) is 7.25. The molecule has 1 saturated heterocycles. The summed E-state index contributed by atoms with van der Waals surface area (Å²) in [6.07, 6.45) is 2.16. The van der Waals surface area contributed by atoms with Crippen molar-refractivity contribution in [2.45, 2.75) is 31.8 Å². The van der Waals surface area contributed by atoms with Gasteiger partial charge in [0.25, 0.3) is 0 Å². The number of nitrogens with zero attached hydrogens (tertiary/aromatic N) is 4. The highest BCUT2D eigenvalue weighted by molar-refractivity contribution is 5.85. The van der Waals surface area contributed by atoms with Gasteiger partial charge in [0.1, 0.15) is 0 Å². The topological polar surface area (TPSA) is 70.9 Å². The molecule has 0 bridgehead atoms. The predicted octanol–water partition coefficient (Wildman–Crippen LogP) is 3.87. The minimum Gasteiger partial charge on any atom is -0.341 e. The van der Waals surface area contributed by atoms with E-state index in [-0.39, 0.29) is 24.5 Å². The lowest BCUT2D eigenvalue weighted by atomic mass is 10.1. The van der Waals surface area contributed by atoms with Crippen LogP contribution in [0.3, 0.4) is 0 Å². The van der Waals surface area contributed by atoms with E-state index in [9.17, 15) is 0 Å². The Balaban J connectivity index is 0.00000210. The zero-order chi connectivity index (χ0) is 18.1. The van der Waals surface area contributed by atoms with Crippen LogP contribution in [0, 0.1) is 11.3 Å². The van der Waals surface area contributed by atoms with E-state index in [4.69, 9.17) is 16.0 Å². The number of nitriles is 1. The van der Waals surface area contributed by atoms with Gasteiger partial charge in [0.2, 0.25) is 5.95 Å². The van der Waals surface area contributed by atoms with Gasteiger partial charge < -0.3 is 15.2 Å². The summed E-state index contributed by atoms with van der Waals surface area (Å²) >= 11 is 0. The van der Waals surface area contributed by atoms with E-state index in [2.05, 4.69) is 40.7 Å². The standard InChI is InChI=1S/C21H23N5.ClH/c1-15(17-10-8-16(13-22)9-11-17)26-20-7-3-2-6-19(20)24-21(26)25-12-4-5-18(23)14-25;/h2-3,6-11,15,18H,4-5,12,14,23H2,1H3;1H/t15-,18?;/m1./s1. The summed E-state index contributed by atoms with van der Waals surface area (Å²) < 4.78 is 2.30. The molecule has 1 aliphatic heterocycles. The second-order valence-corrected chi connectivity index (χ2v) is 7.03. The Morgan fingerprint density at radius 2 is 1.93 bits per heavy atom. The van der Waals surface area contributed by atoms with Gasteiger partial charge in [0.15, 0.2) is 0 Å². The van der Waals surface area contributed by atoms with Gasteiger partial charge in [-0.3, -0.25) is 0 Å². The Morgan fingerprint density at radius 1 is 1.19 bits per heavy atom. The molecular formula is C21H24ClN5. The van der Waals surface area contributed by atoms with Crippen LogP contribution >= 0.6 is 12.4 Å². The first-order chi connectivity index (χ1) is 12.7.